The van der Waals surface area contributed by atoms with Gasteiger partial charge in [0.1, 0.15) is 11.8 Å². The molecule has 1 fully saturated rings. The molecule has 1 atom stereocenters. The number of aliphatic hydroxyl groups is 1. The summed E-state index contributed by atoms with van der Waals surface area (Å²) in [5.74, 6) is 0.566. The molecule has 1 aromatic heterocycles. The van der Waals surface area contributed by atoms with Gasteiger partial charge in [0, 0.05) is 6.42 Å². The number of nitrogens with zero attached hydrogens (tertiary/aromatic N) is 2. The summed E-state index contributed by atoms with van der Waals surface area (Å²) in [6.07, 6.45) is 0.449. The van der Waals surface area contributed by atoms with Crippen LogP contribution in [0.5, 0.6) is 11.8 Å². The molecule has 0 radical (unpaired) electrons. The van der Waals surface area contributed by atoms with E-state index in [9.17, 15) is 5.11 Å². The minimum Gasteiger partial charge on any atom is -0.480 e. The van der Waals surface area contributed by atoms with Crippen molar-refractivity contribution in [1.82, 2.24) is 9.97 Å². The van der Waals surface area contributed by atoms with Gasteiger partial charge < -0.3 is 24.1 Å². The molecule has 0 aromatic carbocycles. The van der Waals surface area contributed by atoms with Gasteiger partial charge in [0.05, 0.1) is 33.6 Å². The van der Waals surface area contributed by atoms with Crippen LogP contribution < -0.4 is 9.47 Å². The summed E-state index contributed by atoms with van der Waals surface area (Å²) in [6.45, 7) is 1.09. The lowest BCUT2D eigenvalue weighted by molar-refractivity contribution is -0.0717. The molecule has 0 amide bonds. The van der Waals surface area contributed by atoms with Crippen molar-refractivity contribution >= 4 is 0 Å². The number of hydrogen-bond donors (Lipinski definition) is 1. The summed E-state index contributed by atoms with van der Waals surface area (Å²) in [7, 11) is 2.95. The van der Waals surface area contributed by atoms with Crippen molar-refractivity contribution in [2.75, 3.05) is 27.4 Å². The average molecular weight is 256 g/mol. The fraction of sp³-hybridized carbons (Fsp3) is 0.636. The smallest absolute Gasteiger partial charge is 0.241 e. The monoisotopic (exact) mass is 256 g/mol. The normalized spacial score (nSPS) is 17.7. The van der Waals surface area contributed by atoms with E-state index in [1.54, 1.807) is 0 Å². The molecular weight excluding hydrogens is 240 g/mol. The molecule has 0 bridgehead atoms. The van der Waals surface area contributed by atoms with Gasteiger partial charge >= 0.3 is 0 Å². The van der Waals surface area contributed by atoms with Crippen LogP contribution in [0, 0.1) is 0 Å². The van der Waals surface area contributed by atoms with Crippen molar-refractivity contribution in [2.45, 2.75) is 18.8 Å². The highest BCUT2D eigenvalue weighted by Gasteiger charge is 2.25. The maximum Gasteiger partial charge on any atom is 0.241 e. The predicted octanol–water partition coefficient (Wildman–Crippen LogP) is 0.290. The molecule has 1 aliphatic rings. The van der Waals surface area contributed by atoms with Gasteiger partial charge in [-0.2, -0.15) is 4.98 Å². The molecule has 0 spiro atoms. The molecular formula is C11H16N2O5. The highest BCUT2D eigenvalue weighted by molar-refractivity contribution is 5.24. The van der Waals surface area contributed by atoms with Crippen LogP contribution in [0.3, 0.4) is 0 Å². The first kappa shape index (κ1) is 13.0. The van der Waals surface area contributed by atoms with Crippen molar-refractivity contribution < 1.29 is 24.1 Å². The van der Waals surface area contributed by atoms with E-state index in [2.05, 4.69) is 9.97 Å². The number of ether oxygens (including phenoxy) is 4. The molecule has 2 heterocycles. The molecule has 2 rings (SSSR count). The van der Waals surface area contributed by atoms with E-state index in [0.29, 0.717) is 24.8 Å². The van der Waals surface area contributed by atoms with Gasteiger partial charge in [-0.15, -0.1) is 0 Å². The summed E-state index contributed by atoms with van der Waals surface area (Å²) < 4.78 is 20.6. The van der Waals surface area contributed by atoms with E-state index in [4.69, 9.17) is 18.9 Å². The van der Waals surface area contributed by atoms with Crippen LogP contribution in [0.2, 0.25) is 0 Å². The van der Waals surface area contributed by atoms with Gasteiger partial charge in [-0.05, 0) is 0 Å². The molecule has 1 saturated heterocycles. The first-order valence-electron chi connectivity index (χ1n) is 5.60. The molecule has 1 N–H and O–H groups in total. The second kappa shape index (κ2) is 5.94. The maximum absolute atomic E-state index is 10.1. The Balaban J connectivity index is 2.10. The molecule has 1 aliphatic heterocycles. The second-order valence-corrected chi connectivity index (χ2v) is 3.73. The lowest BCUT2D eigenvalue weighted by Gasteiger charge is -2.16. The summed E-state index contributed by atoms with van der Waals surface area (Å²) in [5.41, 5.74) is 0.345. The third kappa shape index (κ3) is 2.87. The van der Waals surface area contributed by atoms with Crippen LogP contribution >= 0.6 is 0 Å². The molecule has 18 heavy (non-hydrogen) atoms. The minimum absolute atomic E-state index is 0.236. The molecule has 7 heteroatoms. The number of aliphatic hydroxyl groups excluding tert-OH is 1. The van der Waals surface area contributed by atoms with Gasteiger partial charge in [-0.3, -0.25) is 0 Å². The third-order valence-electron chi connectivity index (χ3n) is 2.57. The largest absolute Gasteiger partial charge is 0.480 e. The van der Waals surface area contributed by atoms with Crippen LogP contribution in [0.1, 0.15) is 18.2 Å². The highest BCUT2D eigenvalue weighted by atomic mass is 16.7. The molecule has 1 aromatic rings. The highest BCUT2D eigenvalue weighted by Crippen LogP contribution is 2.27. The quantitative estimate of drug-likeness (QED) is 0.810. The standard InChI is InChI=1S/C11H16N2O5/c1-15-8-6-12-10(11(13-8)16-2)7(14)5-9-17-3-4-18-9/h6-7,9,14H,3-5H2,1-2H3. The lowest BCUT2D eigenvalue weighted by Crippen LogP contribution is -2.15. The van der Waals surface area contributed by atoms with E-state index < -0.39 is 12.4 Å². The van der Waals surface area contributed by atoms with Gasteiger partial charge in [-0.25, -0.2) is 4.98 Å². The van der Waals surface area contributed by atoms with Gasteiger partial charge in [0.15, 0.2) is 6.29 Å². The summed E-state index contributed by atoms with van der Waals surface area (Å²) >= 11 is 0. The lowest BCUT2D eigenvalue weighted by atomic mass is 10.2. The zero-order valence-electron chi connectivity index (χ0n) is 10.3. The number of aromatic nitrogens is 2. The zero-order valence-corrected chi connectivity index (χ0v) is 10.3. The van der Waals surface area contributed by atoms with Crippen LogP contribution in [0.25, 0.3) is 0 Å². The third-order valence-corrected chi connectivity index (χ3v) is 2.57. The van der Waals surface area contributed by atoms with Gasteiger partial charge in [0.25, 0.3) is 0 Å². The van der Waals surface area contributed by atoms with Gasteiger partial charge in [0.2, 0.25) is 11.8 Å². The van der Waals surface area contributed by atoms with Crippen molar-refractivity contribution in [3.63, 3.8) is 0 Å². The Hall–Kier alpha value is -1.44. The van der Waals surface area contributed by atoms with Crippen LogP contribution in [-0.4, -0.2) is 48.8 Å². The Bertz CT molecular complexity index is 395. The molecule has 1 unspecified atom stereocenters. The second-order valence-electron chi connectivity index (χ2n) is 3.73. The maximum atomic E-state index is 10.1. The molecule has 0 aliphatic carbocycles. The number of hydrogen-bond acceptors (Lipinski definition) is 7. The van der Waals surface area contributed by atoms with Gasteiger partial charge in [-0.1, -0.05) is 0 Å². The number of rotatable bonds is 5. The van der Waals surface area contributed by atoms with Crippen molar-refractivity contribution in [3.8, 4) is 11.8 Å². The SMILES string of the molecule is COc1cnc(C(O)CC2OCCO2)c(OC)n1. The first-order chi connectivity index (χ1) is 8.74. The number of methoxy groups -OCH3 is 2. The summed E-state index contributed by atoms with van der Waals surface area (Å²) in [5, 5.41) is 10.1. The topological polar surface area (TPSA) is 82.9 Å². The van der Waals surface area contributed by atoms with E-state index in [0.717, 1.165) is 0 Å². The van der Waals surface area contributed by atoms with E-state index >= 15 is 0 Å². The van der Waals surface area contributed by atoms with E-state index in [1.165, 1.54) is 20.4 Å². The Morgan fingerprint density at radius 2 is 2.11 bits per heavy atom. The fourth-order valence-corrected chi connectivity index (χ4v) is 1.68. The molecule has 100 valence electrons. The van der Waals surface area contributed by atoms with Crippen molar-refractivity contribution in [1.29, 1.82) is 0 Å². The zero-order chi connectivity index (χ0) is 13.0. The predicted molar refractivity (Wildman–Crippen MR) is 60.4 cm³/mol. The van der Waals surface area contributed by atoms with Crippen LogP contribution in [-0.2, 0) is 9.47 Å². The Morgan fingerprint density at radius 1 is 1.39 bits per heavy atom. The Labute approximate surface area is 105 Å². The van der Waals surface area contributed by atoms with Crippen molar-refractivity contribution in [3.05, 3.63) is 11.9 Å². The van der Waals surface area contributed by atoms with E-state index in [-0.39, 0.29) is 12.3 Å². The van der Waals surface area contributed by atoms with Crippen LogP contribution in [0.15, 0.2) is 6.20 Å². The van der Waals surface area contributed by atoms with Crippen LogP contribution in [0.4, 0.5) is 0 Å². The average Bonchev–Trinajstić information content (AvgIpc) is 2.90. The summed E-state index contributed by atoms with van der Waals surface area (Å²) in [6, 6.07) is 0. The Kier molecular flexibility index (Phi) is 4.29. The van der Waals surface area contributed by atoms with E-state index in [1.807, 2.05) is 0 Å². The Morgan fingerprint density at radius 3 is 2.72 bits per heavy atom. The summed E-state index contributed by atoms with van der Waals surface area (Å²) in [4.78, 5) is 8.15. The molecule has 7 nitrogen and oxygen atoms in total. The fourth-order valence-electron chi connectivity index (χ4n) is 1.68. The molecule has 0 saturated carbocycles. The minimum atomic E-state index is -0.860. The van der Waals surface area contributed by atoms with Crippen molar-refractivity contribution in [2.24, 2.45) is 0 Å². The first-order valence-corrected chi connectivity index (χ1v) is 5.60.